The van der Waals surface area contributed by atoms with Gasteiger partial charge in [-0.25, -0.2) is 4.79 Å². The fraction of sp³-hybridized carbons (Fsp3) is 0.500. The van der Waals surface area contributed by atoms with Crippen LogP contribution < -0.4 is 5.73 Å². The van der Waals surface area contributed by atoms with Crippen molar-refractivity contribution in [2.75, 3.05) is 12.8 Å². The number of esters is 1. The maximum Gasteiger partial charge on any atom is 0.338 e. The van der Waals surface area contributed by atoms with Gasteiger partial charge >= 0.3 is 5.97 Å². The summed E-state index contributed by atoms with van der Waals surface area (Å²) in [5.41, 5.74) is 6.09. The number of anilines is 1. The lowest BCUT2D eigenvalue weighted by Gasteiger charge is -2.27. The normalized spacial score (nSPS) is 23.0. The molecule has 3 N–H and O–H groups in total. The molecule has 1 aromatic carbocycles. The number of hydrogen-bond acceptors (Lipinski definition) is 5. The van der Waals surface area contributed by atoms with Crippen molar-refractivity contribution in [3.63, 3.8) is 0 Å². The summed E-state index contributed by atoms with van der Waals surface area (Å²) in [4.78, 5) is 12.0. The van der Waals surface area contributed by atoms with E-state index < -0.39 is 5.97 Å². The number of aromatic hydroxyl groups is 1. The van der Waals surface area contributed by atoms with Crippen molar-refractivity contribution >= 4 is 11.7 Å². The third-order valence-corrected chi connectivity index (χ3v) is 3.45. The van der Waals surface area contributed by atoms with Crippen LogP contribution in [0.1, 0.15) is 36.0 Å². The van der Waals surface area contributed by atoms with Crippen LogP contribution in [-0.4, -0.2) is 30.4 Å². The van der Waals surface area contributed by atoms with Gasteiger partial charge < -0.3 is 20.3 Å². The molecule has 0 aliphatic heterocycles. The SMILES string of the molecule is COC1CCCC(OC(=O)c2ccc(O)c(N)c2)C1. The molecule has 2 rings (SSSR count). The summed E-state index contributed by atoms with van der Waals surface area (Å²) in [6.45, 7) is 0. The molecule has 0 spiro atoms. The minimum atomic E-state index is -0.409. The second-order valence-electron chi connectivity index (χ2n) is 4.83. The Hall–Kier alpha value is -1.75. The molecule has 1 aromatic rings. The van der Waals surface area contributed by atoms with Crippen LogP contribution in [0.4, 0.5) is 5.69 Å². The summed E-state index contributed by atoms with van der Waals surface area (Å²) in [5.74, 6) is -0.442. The molecule has 2 atom stereocenters. The van der Waals surface area contributed by atoms with Crippen molar-refractivity contribution in [1.29, 1.82) is 0 Å². The van der Waals surface area contributed by atoms with E-state index in [4.69, 9.17) is 15.2 Å². The van der Waals surface area contributed by atoms with Crippen molar-refractivity contribution in [3.05, 3.63) is 23.8 Å². The van der Waals surface area contributed by atoms with E-state index in [1.165, 1.54) is 18.2 Å². The Bertz CT molecular complexity index is 461. The lowest BCUT2D eigenvalue weighted by atomic mass is 9.95. The highest BCUT2D eigenvalue weighted by molar-refractivity contribution is 5.91. The molecule has 2 unspecified atom stereocenters. The largest absolute Gasteiger partial charge is 0.506 e. The first-order valence-corrected chi connectivity index (χ1v) is 6.42. The van der Waals surface area contributed by atoms with E-state index in [9.17, 15) is 9.90 Å². The second kappa shape index (κ2) is 5.93. The zero-order valence-corrected chi connectivity index (χ0v) is 11.0. The van der Waals surface area contributed by atoms with E-state index in [1.54, 1.807) is 7.11 Å². The molecule has 0 aromatic heterocycles. The third-order valence-electron chi connectivity index (χ3n) is 3.45. The number of hydrogen-bond donors (Lipinski definition) is 2. The molecule has 1 saturated carbocycles. The Morgan fingerprint density at radius 3 is 2.79 bits per heavy atom. The van der Waals surface area contributed by atoms with Gasteiger partial charge in [-0.15, -0.1) is 0 Å². The van der Waals surface area contributed by atoms with Gasteiger partial charge in [0.2, 0.25) is 0 Å². The maximum atomic E-state index is 12.0. The Morgan fingerprint density at radius 1 is 1.37 bits per heavy atom. The zero-order valence-electron chi connectivity index (χ0n) is 11.0. The van der Waals surface area contributed by atoms with E-state index in [0.717, 1.165) is 25.7 Å². The predicted octanol–water partition coefficient (Wildman–Crippen LogP) is 2.09. The Morgan fingerprint density at radius 2 is 2.11 bits per heavy atom. The van der Waals surface area contributed by atoms with Crippen LogP contribution in [-0.2, 0) is 9.47 Å². The molecule has 19 heavy (non-hydrogen) atoms. The average molecular weight is 265 g/mol. The van der Waals surface area contributed by atoms with Crippen molar-refractivity contribution in [1.82, 2.24) is 0 Å². The fourth-order valence-electron chi connectivity index (χ4n) is 2.32. The highest BCUT2D eigenvalue weighted by atomic mass is 16.5. The molecule has 0 radical (unpaired) electrons. The van der Waals surface area contributed by atoms with E-state index >= 15 is 0 Å². The number of phenolic OH excluding ortho intramolecular Hbond substituents is 1. The molecule has 104 valence electrons. The number of ether oxygens (including phenoxy) is 2. The first kappa shape index (κ1) is 13.7. The van der Waals surface area contributed by atoms with Gasteiger partial charge in [0, 0.05) is 13.5 Å². The number of carbonyl (C=O) groups is 1. The number of nitrogen functional groups attached to an aromatic ring is 1. The van der Waals surface area contributed by atoms with Gasteiger partial charge in [-0.3, -0.25) is 0 Å². The number of methoxy groups -OCH3 is 1. The monoisotopic (exact) mass is 265 g/mol. The van der Waals surface area contributed by atoms with E-state index in [-0.39, 0.29) is 23.6 Å². The number of nitrogens with two attached hydrogens (primary N) is 1. The van der Waals surface area contributed by atoms with Crippen LogP contribution in [0.5, 0.6) is 5.75 Å². The summed E-state index contributed by atoms with van der Waals surface area (Å²) in [5, 5.41) is 9.32. The van der Waals surface area contributed by atoms with Crippen molar-refractivity contribution in [2.45, 2.75) is 37.9 Å². The number of benzene rings is 1. The molecular formula is C14H19NO4. The van der Waals surface area contributed by atoms with Gasteiger partial charge in [0.25, 0.3) is 0 Å². The smallest absolute Gasteiger partial charge is 0.338 e. The number of carbonyl (C=O) groups excluding carboxylic acids is 1. The minimum Gasteiger partial charge on any atom is -0.506 e. The molecule has 0 saturated heterocycles. The Labute approximate surface area is 112 Å². The summed E-state index contributed by atoms with van der Waals surface area (Å²) in [6, 6.07) is 4.32. The molecule has 0 amide bonds. The first-order valence-electron chi connectivity index (χ1n) is 6.42. The third kappa shape index (κ3) is 3.38. The Kier molecular flexibility index (Phi) is 4.27. The molecule has 1 aliphatic carbocycles. The van der Waals surface area contributed by atoms with Gasteiger partial charge in [-0.05, 0) is 37.5 Å². The molecule has 1 aliphatic rings. The Balaban J connectivity index is 1.98. The van der Waals surface area contributed by atoms with Crippen LogP contribution in [0.2, 0.25) is 0 Å². The highest BCUT2D eigenvalue weighted by Gasteiger charge is 2.25. The van der Waals surface area contributed by atoms with Gasteiger partial charge in [-0.1, -0.05) is 0 Å². The standard InChI is InChI=1S/C14H19NO4/c1-18-10-3-2-4-11(8-10)19-14(17)9-5-6-13(16)12(15)7-9/h5-7,10-11,16H,2-4,8,15H2,1H3. The number of rotatable bonds is 3. The van der Waals surface area contributed by atoms with Gasteiger partial charge in [-0.2, -0.15) is 0 Å². The maximum absolute atomic E-state index is 12.0. The van der Waals surface area contributed by atoms with Crippen LogP contribution in [0.15, 0.2) is 18.2 Å². The molecule has 0 bridgehead atoms. The molecule has 5 nitrogen and oxygen atoms in total. The van der Waals surface area contributed by atoms with Crippen LogP contribution in [0, 0.1) is 0 Å². The number of phenols is 1. The molecule has 5 heteroatoms. The van der Waals surface area contributed by atoms with Crippen LogP contribution in [0.25, 0.3) is 0 Å². The first-order chi connectivity index (χ1) is 9.10. The topological polar surface area (TPSA) is 81.8 Å². The second-order valence-corrected chi connectivity index (χ2v) is 4.83. The quantitative estimate of drug-likeness (QED) is 0.497. The van der Waals surface area contributed by atoms with Gasteiger partial charge in [0.15, 0.2) is 0 Å². The van der Waals surface area contributed by atoms with E-state index in [1.807, 2.05) is 0 Å². The van der Waals surface area contributed by atoms with E-state index in [2.05, 4.69) is 0 Å². The molecule has 1 fully saturated rings. The molecule has 0 heterocycles. The van der Waals surface area contributed by atoms with E-state index in [0.29, 0.717) is 5.56 Å². The van der Waals surface area contributed by atoms with Crippen LogP contribution in [0.3, 0.4) is 0 Å². The predicted molar refractivity (Wildman–Crippen MR) is 71.0 cm³/mol. The van der Waals surface area contributed by atoms with Crippen molar-refractivity contribution < 1.29 is 19.4 Å². The highest BCUT2D eigenvalue weighted by Crippen LogP contribution is 2.25. The summed E-state index contributed by atoms with van der Waals surface area (Å²) in [6.07, 6.45) is 3.65. The van der Waals surface area contributed by atoms with Crippen molar-refractivity contribution in [3.8, 4) is 5.75 Å². The average Bonchev–Trinajstić information content (AvgIpc) is 2.42. The van der Waals surface area contributed by atoms with Gasteiger partial charge in [0.1, 0.15) is 11.9 Å². The summed E-state index contributed by atoms with van der Waals surface area (Å²) >= 11 is 0. The lowest BCUT2D eigenvalue weighted by Crippen LogP contribution is -2.29. The zero-order chi connectivity index (χ0) is 13.8. The fourth-order valence-corrected chi connectivity index (χ4v) is 2.32. The van der Waals surface area contributed by atoms with Crippen molar-refractivity contribution in [2.24, 2.45) is 0 Å². The minimum absolute atomic E-state index is 0.0336. The lowest BCUT2D eigenvalue weighted by molar-refractivity contribution is -0.0149. The molecular weight excluding hydrogens is 246 g/mol. The van der Waals surface area contributed by atoms with Crippen LogP contribution >= 0.6 is 0 Å². The summed E-state index contributed by atoms with van der Waals surface area (Å²) < 4.78 is 10.7. The van der Waals surface area contributed by atoms with Gasteiger partial charge in [0.05, 0.1) is 17.4 Å². The summed E-state index contributed by atoms with van der Waals surface area (Å²) in [7, 11) is 1.68.